The van der Waals surface area contributed by atoms with Crippen molar-refractivity contribution in [2.45, 2.75) is 19.3 Å². The molecule has 0 aromatic heterocycles. The van der Waals surface area contributed by atoms with Gasteiger partial charge in [-0.3, -0.25) is 0 Å². The van der Waals surface area contributed by atoms with Gasteiger partial charge >= 0.3 is 0 Å². The minimum Gasteiger partial charge on any atom is -0.497 e. The van der Waals surface area contributed by atoms with E-state index in [0.29, 0.717) is 24.3 Å². The lowest BCUT2D eigenvalue weighted by molar-refractivity contribution is 0.371. The van der Waals surface area contributed by atoms with Crippen LogP contribution in [0.25, 0.3) is 0 Å². The zero-order valence-corrected chi connectivity index (χ0v) is 9.75. The van der Waals surface area contributed by atoms with E-state index in [-0.39, 0.29) is 11.6 Å². The first-order chi connectivity index (χ1) is 7.72. The highest BCUT2D eigenvalue weighted by atomic mass is 19.1. The van der Waals surface area contributed by atoms with Crippen molar-refractivity contribution in [1.82, 2.24) is 0 Å². The lowest BCUT2D eigenvalue weighted by Crippen LogP contribution is -2.01. The summed E-state index contributed by atoms with van der Waals surface area (Å²) < 4.78 is 23.8. The molecule has 0 bridgehead atoms. The number of ether oxygens (including phenoxy) is 2. The number of unbranched alkanes of at least 4 members (excludes halogenated alkanes) is 1. The maximum absolute atomic E-state index is 13.8. The molecule has 0 spiro atoms. The van der Waals surface area contributed by atoms with Crippen LogP contribution in [-0.4, -0.2) is 20.8 Å². The largest absolute Gasteiger partial charge is 0.497 e. The van der Waals surface area contributed by atoms with Gasteiger partial charge in [0.1, 0.15) is 5.75 Å². The van der Waals surface area contributed by atoms with Crippen molar-refractivity contribution in [3.8, 4) is 11.5 Å². The van der Waals surface area contributed by atoms with Gasteiger partial charge in [-0.15, -0.1) is 0 Å². The molecule has 0 saturated carbocycles. The third-order valence-electron chi connectivity index (χ3n) is 2.44. The Hall–Kier alpha value is -1.29. The highest BCUT2D eigenvalue weighted by Gasteiger charge is 2.11. The normalized spacial score (nSPS) is 10.2. The molecule has 3 nitrogen and oxygen atoms in total. The number of methoxy groups -OCH3 is 2. The molecule has 2 N–H and O–H groups in total. The quantitative estimate of drug-likeness (QED) is 0.757. The van der Waals surface area contributed by atoms with Crippen LogP contribution in [0.1, 0.15) is 18.4 Å². The Labute approximate surface area is 95.4 Å². The zero-order chi connectivity index (χ0) is 12.0. The number of halogens is 1. The van der Waals surface area contributed by atoms with Crippen LogP contribution in [0, 0.1) is 5.82 Å². The Morgan fingerprint density at radius 2 is 1.94 bits per heavy atom. The molecule has 0 aliphatic heterocycles. The summed E-state index contributed by atoms with van der Waals surface area (Å²) in [6, 6.07) is 3.25. The second-order valence-corrected chi connectivity index (χ2v) is 3.55. The first-order valence-electron chi connectivity index (χ1n) is 5.33. The number of rotatable bonds is 6. The third kappa shape index (κ3) is 3.10. The van der Waals surface area contributed by atoms with Crippen LogP contribution in [0.15, 0.2) is 12.1 Å². The van der Waals surface area contributed by atoms with Crippen molar-refractivity contribution in [3.63, 3.8) is 0 Å². The lowest BCUT2D eigenvalue weighted by atomic mass is 10.1. The van der Waals surface area contributed by atoms with Crippen LogP contribution in [0.3, 0.4) is 0 Å². The monoisotopic (exact) mass is 227 g/mol. The van der Waals surface area contributed by atoms with Crippen molar-refractivity contribution in [2.24, 2.45) is 5.73 Å². The topological polar surface area (TPSA) is 44.5 Å². The Kier molecular flexibility index (Phi) is 5.05. The standard InChI is InChI=1S/C12H18FNO2/c1-15-10-7-9(5-3-4-6-14)12(13)11(8-10)16-2/h7-8H,3-6,14H2,1-2H3. The molecule has 0 aliphatic rings. The van der Waals surface area contributed by atoms with Gasteiger partial charge in [-0.1, -0.05) is 0 Å². The summed E-state index contributed by atoms with van der Waals surface area (Å²) in [5.41, 5.74) is 6.02. The summed E-state index contributed by atoms with van der Waals surface area (Å²) in [5, 5.41) is 0. The second-order valence-electron chi connectivity index (χ2n) is 3.55. The molecule has 0 aliphatic carbocycles. The number of nitrogens with two attached hydrogens (primary N) is 1. The van der Waals surface area contributed by atoms with Crippen LogP contribution >= 0.6 is 0 Å². The van der Waals surface area contributed by atoms with Crippen LogP contribution in [0.2, 0.25) is 0 Å². The summed E-state index contributed by atoms with van der Waals surface area (Å²) in [6.45, 7) is 0.628. The number of hydrogen-bond donors (Lipinski definition) is 1. The Bertz CT molecular complexity index is 342. The minimum absolute atomic E-state index is 0.224. The summed E-state index contributed by atoms with van der Waals surface area (Å²) in [4.78, 5) is 0. The molecule has 1 aromatic rings. The van der Waals surface area contributed by atoms with Crippen molar-refractivity contribution in [3.05, 3.63) is 23.5 Å². The highest BCUT2D eigenvalue weighted by molar-refractivity contribution is 5.40. The second kappa shape index (κ2) is 6.33. The molecular weight excluding hydrogens is 209 g/mol. The minimum atomic E-state index is -0.305. The predicted octanol–water partition coefficient (Wildman–Crippen LogP) is 2.12. The molecule has 1 rings (SSSR count). The zero-order valence-electron chi connectivity index (χ0n) is 9.75. The molecule has 90 valence electrons. The van der Waals surface area contributed by atoms with Gasteiger partial charge < -0.3 is 15.2 Å². The SMILES string of the molecule is COc1cc(CCCCN)c(F)c(OC)c1. The number of hydrogen-bond acceptors (Lipinski definition) is 3. The molecule has 0 atom stereocenters. The summed E-state index contributed by atoms with van der Waals surface area (Å²) in [7, 11) is 3.00. The van der Waals surface area contributed by atoms with Gasteiger partial charge in [-0.2, -0.15) is 0 Å². The fraction of sp³-hybridized carbons (Fsp3) is 0.500. The van der Waals surface area contributed by atoms with Crippen LogP contribution in [-0.2, 0) is 6.42 Å². The predicted molar refractivity (Wildman–Crippen MR) is 61.5 cm³/mol. The molecule has 0 fully saturated rings. The van der Waals surface area contributed by atoms with Crippen molar-refractivity contribution >= 4 is 0 Å². The molecule has 0 amide bonds. The smallest absolute Gasteiger partial charge is 0.168 e. The average Bonchev–Trinajstić information content (AvgIpc) is 2.31. The molecule has 16 heavy (non-hydrogen) atoms. The summed E-state index contributed by atoms with van der Waals surface area (Å²) >= 11 is 0. The van der Waals surface area contributed by atoms with E-state index >= 15 is 0 Å². The maximum atomic E-state index is 13.8. The van der Waals surface area contributed by atoms with Crippen molar-refractivity contribution < 1.29 is 13.9 Å². The van der Waals surface area contributed by atoms with E-state index < -0.39 is 0 Å². The van der Waals surface area contributed by atoms with Gasteiger partial charge in [0.2, 0.25) is 0 Å². The van der Waals surface area contributed by atoms with Crippen LogP contribution in [0.4, 0.5) is 4.39 Å². The first kappa shape index (κ1) is 12.8. The van der Waals surface area contributed by atoms with Gasteiger partial charge in [0.15, 0.2) is 11.6 Å². The first-order valence-corrected chi connectivity index (χ1v) is 5.33. The van der Waals surface area contributed by atoms with E-state index in [1.807, 2.05) is 0 Å². The molecule has 1 aromatic carbocycles. The molecule has 0 heterocycles. The van der Waals surface area contributed by atoms with E-state index in [2.05, 4.69) is 0 Å². The molecule has 4 heteroatoms. The maximum Gasteiger partial charge on any atom is 0.168 e. The summed E-state index contributed by atoms with van der Waals surface area (Å²) in [6.07, 6.45) is 2.40. The molecule has 0 radical (unpaired) electrons. The summed E-state index contributed by atoms with van der Waals surface area (Å²) in [5.74, 6) is 0.531. The van der Waals surface area contributed by atoms with Crippen LogP contribution in [0.5, 0.6) is 11.5 Å². The Morgan fingerprint density at radius 1 is 1.19 bits per heavy atom. The van der Waals surface area contributed by atoms with Crippen molar-refractivity contribution in [2.75, 3.05) is 20.8 Å². The number of benzene rings is 1. The molecule has 0 unspecified atom stereocenters. The van der Waals surface area contributed by atoms with Gasteiger partial charge in [-0.05, 0) is 37.4 Å². The van der Waals surface area contributed by atoms with Crippen molar-refractivity contribution in [1.29, 1.82) is 0 Å². The van der Waals surface area contributed by atoms with E-state index in [0.717, 1.165) is 12.8 Å². The number of aryl methyl sites for hydroxylation is 1. The van der Waals surface area contributed by atoms with Gasteiger partial charge in [-0.25, -0.2) is 4.39 Å². The van der Waals surface area contributed by atoms with E-state index in [1.165, 1.54) is 7.11 Å². The fourth-order valence-electron chi connectivity index (χ4n) is 1.54. The Balaban J connectivity index is 2.88. The van der Waals surface area contributed by atoms with E-state index in [4.69, 9.17) is 15.2 Å². The highest BCUT2D eigenvalue weighted by Crippen LogP contribution is 2.28. The van der Waals surface area contributed by atoms with Gasteiger partial charge in [0.25, 0.3) is 0 Å². The lowest BCUT2D eigenvalue weighted by Gasteiger charge is -2.10. The molecular formula is C12H18FNO2. The third-order valence-corrected chi connectivity index (χ3v) is 2.44. The van der Waals surface area contributed by atoms with Crippen LogP contribution < -0.4 is 15.2 Å². The molecule has 0 saturated heterocycles. The van der Waals surface area contributed by atoms with E-state index in [9.17, 15) is 4.39 Å². The van der Waals surface area contributed by atoms with Gasteiger partial charge in [0.05, 0.1) is 14.2 Å². The van der Waals surface area contributed by atoms with E-state index in [1.54, 1.807) is 19.2 Å². The fourth-order valence-corrected chi connectivity index (χ4v) is 1.54. The average molecular weight is 227 g/mol. The van der Waals surface area contributed by atoms with Gasteiger partial charge in [0, 0.05) is 6.07 Å². The Morgan fingerprint density at radius 3 is 2.50 bits per heavy atom.